The molecule has 0 spiro atoms. The molecule has 0 saturated heterocycles. The number of aromatic nitrogens is 2. The standard InChI is InChI=1S/C19H16FN5O3S/c1-28-15-8-4-13(5-9-15)18(27)22-19-25-24-17(29-19)10-16(26)23-21-11-12-2-6-14(20)7-3-12/h2-9,11H,10H2,1H3,(H,23,26)(H,22,25,27)/b21-11+. The van der Waals surface area contributed by atoms with Crippen LogP contribution < -0.4 is 15.5 Å². The number of amides is 2. The summed E-state index contributed by atoms with van der Waals surface area (Å²) in [5.41, 5.74) is 3.44. The van der Waals surface area contributed by atoms with E-state index in [1.54, 1.807) is 31.4 Å². The number of benzene rings is 2. The zero-order chi connectivity index (χ0) is 20.6. The van der Waals surface area contributed by atoms with Crippen molar-refractivity contribution in [3.63, 3.8) is 0 Å². The molecule has 3 aromatic rings. The Morgan fingerprint density at radius 3 is 2.55 bits per heavy atom. The first-order valence-corrected chi connectivity index (χ1v) is 9.20. The van der Waals surface area contributed by atoms with Crippen LogP contribution in [0.25, 0.3) is 0 Å². The van der Waals surface area contributed by atoms with Crippen LogP contribution in [0, 0.1) is 5.82 Å². The predicted octanol–water partition coefficient (Wildman–Crippen LogP) is 2.63. The first-order valence-electron chi connectivity index (χ1n) is 8.39. The van der Waals surface area contributed by atoms with E-state index in [0.717, 1.165) is 11.3 Å². The molecule has 0 unspecified atom stereocenters. The molecule has 2 N–H and O–H groups in total. The van der Waals surface area contributed by atoms with Gasteiger partial charge in [0.25, 0.3) is 5.91 Å². The zero-order valence-corrected chi connectivity index (χ0v) is 16.1. The van der Waals surface area contributed by atoms with Gasteiger partial charge in [-0.3, -0.25) is 14.9 Å². The SMILES string of the molecule is COc1ccc(C(=O)Nc2nnc(CC(=O)N/N=C/c3ccc(F)cc3)s2)cc1. The van der Waals surface area contributed by atoms with Crippen molar-refractivity contribution >= 4 is 34.5 Å². The predicted molar refractivity (Wildman–Crippen MR) is 107 cm³/mol. The molecule has 0 atom stereocenters. The van der Waals surface area contributed by atoms with E-state index in [4.69, 9.17) is 4.74 Å². The molecule has 0 saturated carbocycles. The maximum absolute atomic E-state index is 12.8. The second-order valence-electron chi connectivity index (χ2n) is 5.71. The molecule has 0 fully saturated rings. The number of nitrogens with one attached hydrogen (secondary N) is 2. The van der Waals surface area contributed by atoms with Crippen LogP contribution in [-0.2, 0) is 11.2 Å². The Morgan fingerprint density at radius 1 is 1.14 bits per heavy atom. The Hall–Kier alpha value is -3.66. The average molecular weight is 413 g/mol. The number of methoxy groups -OCH3 is 1. The van der Waals surface area contributed by atoms with Gasteiger partial charge < -0.3 is 4.74 Å². The number of ether oxygens (including phenoxy) is 1. The van der Waals surface area contributed by atoms with Crippen LogP contribution in [0.15, 0.2) is 53.6 Å². The fraction of sp³-hybridized carbons (Fsp3) is 0.105. The molecule has 0 bridgehead atoms. The van der Waals surface area contributed by atoms with Crippen LogP contribution >= 0.6 is 11.3 Å². The summed E-state index contributed by atoms with van der Waals surface area (Å²) in [6.45, 7) is 0. The molecule has 1 heterocycles. The van der Waals surface area contributed by atoms with E-state index < -0.39 is 5.91 Å². The highest BCUT2D eigenvalue weighted by atomic mass is 32.1. The molecule has 10 heteroatoms. The van der Waals surface area contributed by atoms with Gasteiger partial charge in [-0.15, -0.1) is 10.2 Å². The van der Waals surface area contributed by atoms with Crippen LogP contribution in [0.4, 0.5) is 9.52 Å². The van der Waals surface area contributed by atoms with Crippen molar-refractivity contribution in [2.24, 2.45) is 5.10 Å². The lowest BCUT2D eigenvalue weighted by Crippen LogP contribution is -2.19. The molecule has 1 aromatic heterocycles. The third-order valence-corrected chi connectivity index (χ3v) is 4.46. The van der Waals surface area contributed by atoms with Gasteiger partial charge in [0.1, 0.15) is 16.6 Å². The van der Waals surface area contributed by atoms with E-state index in [1.165, 1.54) is 30.5 Å². The molecule has 2 aromatic carbocycles. The summed E-state index contributed by atoms with van der Waals surface area (Å²) in [4.78, 5) is 24.1. The minimum atomic E-state index is -0.396. The minimum Gasteiger partial charge on any atom is -0.497 e. The Morgan fingerprint density at radius 2 is 1.86 bits per heavy atom. The molecule has 0 aliphatic heterocycles. The van der Waals surface area contributed by atoms with Crippen molar-refractivity contribution in [2.75, 3.05) is 12.4 Å². The maximum Gasteiger partial charge on any atom is 0.257 e. The van der Waals surface area contributed by atoms with Gasteiger partial charge in [0, 0.05) is 5.56 Å². The number of halogens is 1. The molecular weight excluding hydrogens is 397 g/mol. The van der Waals surface area contributed by atoms with Crippen molar-refractivity contribution in [3.8, 4) is 5.75 Å². The van der Waals surface area contributed by atoms with Gasteiger partial charge in [-0.05, 0) is 42.0 Å². The molecule has 2 amide bonds. The third-order valence-electron chi connectivity index (χ3n) is 3.62. The van der Waals surface area contributed by atoms with Crippen molar-refractivity contribution in [1.29, 1.82) is 0 Å². The minimum absolute atomic E-state index is 0.0448. The van der Waals surface area contributed by atoms with Gasteiger partial charge in [-0.1, -0.05) is 23.5 Å². The maximum atomic E-state index is 12.8. The van der Waals surface area contributed by atoms with Crippen LogP contribution in [0.1, 0.15) is 20.9 Å². The van der Waals surface area contributed by atoms with Crippen molar-refractivity contribution < 1.29 is 18.7 Å². The molecule has 3 rings (SSSR count). The van der Waals surface area contributed by atoms with E-state index in [9.17, 15) is 14.0 Å². The molecule has 148 valence electrons. The Labute approximate surface area is 169 Å². The highest BCUT2D eigenvalue weighted by molar-refractivity contribution is 7.15. The Kier molecular flexibility index (Phi) is 6.59. The average Bonchev–Trinajstić information content (AvgIpc) is 3.16. The summed E-state index contributed by atoms with van der Waals surface area (Å²) in [6, 6.07) is 12.3. The topological polar surface area (TPSA) is 106 Å². The lowest BCUT2D eigenvalue weighted by molar-refractivity contribution is -0.120. The number of nitrogens with zero attached hydrogens (tertiary/aromatic N) is 3. The number of rotatable bonds is 7. The van der Waals surface area contributed by atoms with Crippen LogP contribution in [0.2, 0.25) is 0 Å². The summed E-state index contributed by atoms with van der Waals surface area (Å²) >= 11 is 1.09. The fourth-order valence-electron chi connectivity index (χ4n) is 2.19. The lowest BCUT2D eigenvalue weighted by Gasteiger charge is -2.02. The molecule has 0 aliphatic carbocycles. The van der Waals surface area contributed by atoms with Crippen molar-refractivity contribution in [3.05, 3.63) is 70.5 Å². The van der Waals surface area contributed by atoms with Crippen LogP contribution in [0.3, 0.4) is 0 Å². The Bertz CT molecular complexity index is 1020. The summed E-state index contributed by atoms with van der Waals surface area (Å²) in [6.07, 6.45) is 1.36. The first-order chi connectivity index (χ1) is 14.0. The van der Waals surface area contributed by atoms with Gasteiger partial charge in [0.05, 0.1) is 19.7 Å². The normalized spacial score (nSPS) is 10.7. The van der Waals surface area contributed by atoms with Gasteiger partial charge in [-0.25, -0.2) is 9.82 Å². The van der Waals surface area contributed by atoms with E-state index in [-0.39, 0.29) is 23.3 Å². The molecule has 8 nitrogen and oxygen atoms in total. The van der Waals surface area contributed by atoms with E-state index >= 15 is 0 Å². The number of carbonyl (C=O) groups is 2. The van der Waals surface area contributed by atoms with Crippen LogP contribution in [-0.4, -0.2) is 35.3 Å². The number of hydrogen-bond donors (Lipinski definition) is 2. The number of hydrogen-bond acceptors (Lipinski definition) is 7. The summed E-state index contributed by atoms with van der Waals surface area (Å²) < 4.78 is 17.9. The molecule has 29 heavy (non-hydrogen) atoms. The summed E-state index contributed by atoms with van der Waals surface area (Å²) in [7, 11) is 1.54. The number of anilines is 1. The second kappa shape index (κ2) is 9.51. The van der Waals surface area contributed by atoms with Gasteiger partial charge in [0.2, 0.25) is 11.0 Å². The van der Waals surface area contributed by atoms with E-state index in [0.29, 0.717) is 21.9 Å². The molecule has 0 aliphatic rings. The van der Waals surface area contributed by atoms with Gasteiger partial charge in [0.15, 0.2) is 0 Å². The quantitative estimate of drug-likeness (QED) is 0.458. The second-order valence-corrected chi connectivity index (χ2v) is 6.77. The van der Waals surface area contributed by atoms with E-state index in [1.807, 2.05) is 0 Å². The Balaban J connectivity index is 1.50. The summed E-state index contributed by atoms with van der Waals surface area (Å²) in [5, 5.41) is 14.9. The highest BCUT2D eigenvalue weighted by Gasteiger charge is 2.12. The van der Waals surface area contributed by atoms with Crippen LogP contribution in [0.5, 0.6) is 5.75 Å². The van der Waals surface area contributed by atoms with E-state index in [2.05, 4.69) is 26.0 Å². The molecular formula is C19H16FN5O3S. The van der Waals surface area contributed by atoms with Crippen molar-refractivity contribution in [1.82, 2.24) is 15.6 Å². The number of hydrazone groups is 1. The smallest absolute Gasteiger partial charge is 0.257 e. The third kappa shape index (κ3) is 5.91. The summed E-state index contributed by atoms with van der Waals surface area (Å²) in [5.74, 6) is -0.443. The lowest BCUT2D eigenvalue weighted by atomic mass is 10.2. The van der Waals surface area contributed by atoms with Gasteiger partial charge >= 0.3 is 0 Å². The van der Waals surface area contributed by atoms with Gasteiger partial charge in [-0.2, -0.15) is 5.10 Å². The number of carbonyl (C=O) groups excluding carboxylic acids is 2. The first kappa shape index (κ1) is 20.1. The fourth-order valence-corrected chi connectivity index (χ4v) is 2.93. The van der Waals surface area contributed by atoms with Crippen molar-refractivity contribution in [2.45, 2.75) is 6.42 Å². The zero-order valence-electron chi connectivity index (χ0n) is 15.3. The largest absolute Gasteiger partial charge is 0.497 e. The molecule has 0 radical (unpaired) electrons. The highest BCUT2D eigenvalue weighted by Crippen LogP contribution is 2.18. The monoisotopic (exact) mass is 413 g/mol.